The van der Waals surface area contributed by atoms with Crippen molar-refractivity contribution < 1.29 is 15.0 Å². The van der Waals surface area contributed by atoms with Gasteiger partial charge in [0, 0.05) is 23.1 Å². The molecule has 0 atom stereocenters. The number of hydrogen-bond donors (Lipinski definition) is 2. The fraction of sp³-hybridized carbons (Fsp3) is 0.0625. The van der Waals surface area contributed by atoms with Crippen LogP contribution in [-0.2, 0) is 6.42 Å². The maximum Gasteiger partial charge on any atom is 0.189 e. The number of phenols is 2. The molecule has 1 aliphatic rings. The Hall–Kier alpha value is -2.55. The third kappa shape index (κ3) is 1.99. The molecule has 0 fully saturated rings. The van der Waals surface area contributed by atoms with E-state index in [4.69, 9.17) is 0 Å². The molecule has 2 aromatic carbocycles. The van der Waals surface area contributed by atoms with E-state index in [0.717, 1.165) is 5.56 Å². The van der Waals surface area contributed by atoms with Gasteiger partial charge in [-0.25, -0.2) is 0 Å². The predicted octanol–water partition coefficient (Wildman–Crippen LogP) is 2.92. The van der Waals surface area contributed by atoms with Crippen molar-refractivity contribution in [3.8, 4) is 11.5 Å². The van der Waals surface area contributed by atoms with Crippen molar-refractivity contribution >= 4 is 11.9 Å². The second-order valence-corrected chi connectivity index (χ2v) is 4.57. The number of benzene rings is 2. The van der Waals surface area contributed by atoms with E-state index in [-0.39, 0.29) is 17.3 Å². The first-order chi connectivity index (χ1) is 9.15. The molecule has 0 aliphatic heterocycles. The first kappa shape index (κ1) is 11.5. The SMILES string of the molecule is O=C1/C(=C/c2ccc(O)cc2)Cc2c(O)cccc21. The van der Waals surface area contributed by atoms with Crippen LogP contribution in [0.4, 0.5) is 0 Å². The van der Waals surface area contributed by atoms with Gasteiger partial charge >= 0.3 is 0 Å². The molecule has 2 N–H and O–H groups in total. The monoisotopic (exact) mass is 252 g/mol. The number of ketones is 1. The van der Waals surface area contributed by atoms with E-state index >= 15 is 0 Å². The molecular formula is C16H12O3. The predicted molar refractivity (Wildman–Crippen MR) is 72.2 cm³/mol. The average Bonchev–Trinajstić information content (AvgIpc) is 2.72. The zero-order chi connectivity index (χ0) is 13.4. The molecule has 3 heteroatoms. The molecule has 2 aromatic rings. The number of carbonyl (C=O) groups is 1. The Labute approximate surface area is 110 Å². The van der Waals surface area contributed by atoms with Crippen molar-refractivity contribution in [1.29, 1.82) is 0 Å². The Morgan fingerprint density at radius 3 is 2.42 bits per heavy atom. The number of rotatable bonds is 1. The molecule has 0 saturated heterocycles. The Kier molecular flexibility index (Phi) is 2.60. The summed E-state index contributed by atoms with van der Waals surface area (Å²) < 4.78 is 0. The van der Waals surface area contributed by atoms with Crippen molar-refractivity contribution in [2.45, 2.75) is 6.42 Å². The van der Waals surface area contributed by atoms with E-state index in [9.17, 15) is 15.0 Å². The Morgan fingerprint density at radius 2 is 1.74 bits per heavy atom. The Morgan fingerprint density at radius 1 is 1.00 bits per heavy atom. The highest BCUT2D eigenvalue weighted by molar-refractivity contribution is 6.16. The number of Topliss-reactive ketones (excluding diaryl/α,β-unsaturated/α-hetero) is 1. The van der Waals surface area contributed by atoms with Crippen LogP contribution in [0.5, 0.6) is 11.5 Å². The Bertz CT molecular complexity index is 682. The summed E-state index contributed by atoms with van der Waals surface area (Å²) in [5, 5.41) is 19.0. The maximum atomic E-state index is 12.2. The fourth-order valence-corrected chi connectivity index (χ4v) is 2.31. The lowest BCUT2D eigenvalue weighted by Gasteiger charge is -1.98. The van der Waals surface area contributed by atoms with Crippen LogP contribution < -0.4 is 0 Å². The number of hydrogen-bond acceptors (Lipinski definition) is 3. The summed E-state index contributed by atoms with van der Waals surface area (Å²) in [4.78, 5) is 12.2. The highest BCUT2D eigenvalue weighted by Crippen LogP contribution is 2.33. The van der Waals surface area contributed by atoms with Gasteiger partial charge in [0.15, 0.2) is 5.78 Å². The summed E-state index contributed by atoms with van der Waals surface area (Å²) >= 11 is 0. The molecule has 0 bridgehead atoms. The summed E-state index contributed by atoms with van der Waals surface area (Å²) in [6.45, 7) is 0. The van der Waals surface area contributed by atoms with Crippen LogP contribution in [-0.4, -0.2) is 16.0 Å². The van der Waals surface area contributed by atoms with Crippen molar-refractivity contribution in [2.75, 3.05) is 0 Å². The van der Waals surface area contributed by atoms with Crippen LogP contribution in [0.25, 0.3) is 6.08 Å². The first-order valence-corrected chi connectivity index (χ1v) is 6.00. The highest BCUT2D eigenvalue weighted by atomic mass is 16.3. The summed E-state index contributed by atoms with van der Waals surface area (Å²) in [7, 11) is 0. The van der Waals surface area contributed by atoms with Crippen molar-refractivity contribution in [3.63, 3.8) is 0 Å². The summed E-state index contributed by atoms with van der Waals surface area (Å²) in [5.74, 6) is 0.319. The molecule has 0 saturated carbocycles. The van der Waals surface area contributed by atoms with E-state index in [1.165, 1.54) is 0 Å². The van der Waals surface area contributed by atoms with Gasteiger partial charge in [0.2, 0.25) is 0 Å². The van der Waals surface area contributed by atoms with Gasteiger partial charge in [0.25, 0.3) is 0 Å². The van der Waals surface area contributed by atoms with Crippen LogP contribution in [0, 0.1) is 0 Å². The molecule has 3 rings (SSSR count). The van der Waals surface area contributed by atoms with Gasteiger partial charge in [-0.1, -0.05) is 24.3 Å². The van der Waals surface area contributed by atoms with Gasteiger partial charge in [0.05, 0.1) is 0 Å². The standard InChI is InChI=1S/C16H12O3/c17-12-6-4-10(5-7-12)8-11-9-14-13(16(11)19)2-1-3-15(14)18/h1-8,17-18H,9H2/b11-8+. The van der Waals surface area contributed by atoms with Crippen LogP contribution in [0.15, 0.2) is 48.0 Å². The zero-order valence-corrected chi connectivity index (χ0v) is 10.1. The van der Waals surface area contributed by atoms with Crippen LogP contribution in [0.1, 0.15) is 21.5 Å². The number of carbonyl (C=O) groups excluding carboxylic acids is 1. The number of allylic oxidation sites excluding steroid dienone is 1. The van der Waals surface area contributed by atoms with Crippen LogP contribution in [0.3, 0.4) is 0 Å². The van der Waals surface area contributed by atoms with E-state index in [1.54, 1.807) is 48.5 Å². The first-order valence-electron chi connectivity index (χ1n) is 6.00. The molecule has 0 amide bonds. The molecule has 3 nitrogen and oxygen atoms in total. The molecule has 0 aromatic heterocycles. The molecule has 19 heavy (non-hydrogen) atoms. The van der Waals surface area contributed by atoms with E-state index < -0.39 is 0 Å². The lowest BCUT2D eigenvalue weighted by atomic mass is 10.1. The van der Waals surface area contributed by atoms with Crippen LogP contribution in [0.2, 0.25) is 0 Å². The third-order valence-corrected chi connectivity index (χ3v) is 3.29. The van der Waals surface area contributed by atoms with Gasteiger partial charge in [-0.3, -0.25) is 4.79 Å². The zero-order valence-electron chi connectivity index (χ0n) is 10.1. The maximum absolute atomic E-state index is 12.2. The summed E-state index contributed by atoms with van der Waals surface area (Å²) in [6.07, 6.45) is 2.24. The molecule has 0 unspecified atom stereocenters. The highest BCUT2D eigenvalue weighted by Gasteiger charge is 2.26. The van der Waals surface area contributed by atoms with Gasteiger partial charge in [-0.2, -0.15) is 0 Å². The Balaban J connectivity index is 2.00. The second-order valence-electron chi connectivity index (χ2n) is 4.57. The minimum Gasteiger partial charge on any atom is -0.508 e. The lowest BCUT2D eigenvalue weighted by Crippen LogP contribution is -1.94. The molecule has 0 heterocycles. The normalized spacial score (nSPS) is 15.8. The van der Waals surface area contributed by atoms with Gasteiger partial charge < -0.3 is 10.2 Å². The van der Waals surface area contributed by atoms with Gasteiger partial charge in [0.1, 0.15) is 11.5 Å². The molecular weight excluding hydrogens is 240 g/mol. The summed E-state index contributed by atoms with van der Waals surface area (Å²) in [6, 6.07) is 11.7. The van der Waals surface area contributed by atoms with E-state index in [2.05, 4.69) is 0 Å². The molecule has 94 valence electrons. The average molecular weight is 252 g/mol. The molecule has 0 spiro atoms. The smallest absolute Gasteiger partial charge is 0.189 e. The second kappa shape index (κ2) is 4.28. The number of fused-ring (bicyclic) bond motifs is 1. The fourth-order valence-electron chi connectivity index (χ4n) is 2.31. The van der Waals surface area contributed by atoms with E-state index in [1.807, 2.05) is 0 Å². The minimum absolute atomic E-state index is 0.0426. The van der Waals surface area contributed by atoms with Crippen molar-refractivity contribution in [3.05, 3.63) is 64.7 Å². The minimum atomic E-state index is -0.0426. The van der Waals surface area contributed by atoms with Gasteiger partial charge in [-0.15, -0.1) is 0 Å². The molecule has 1 aliphatic carbocycles. The quantitative estimate of drug-likeness (QED) is 0.767. The van der Waals surface area contributed by atoms with Gasteiger partial charge in [-0.05, 0) is 29.8 Å². The lowest BCUT2D eigenvalue weighted by molar-refractivity contribution is 0.104. The number of aromatic hydroxyl groups is 2. The molecule has 0 radical (unpaired) electrons. The summed E-state index contributed by atoms with van der Waals surface area (Å²) in [5.41, 5.74) is 2.78. The van der Waals surface area contributed by atoms with E-state index in [0.29, 0.717) is 23.1 Å². The third-order valence-electron chi connectivity index (χ3n) is 3.29. The number of phenolic OH excluding ortho intramolecular Hbond substituents is 2. The van der Waals surface area contributed by atoms with Crippen LogP contribution >= 0.6 is 0 Å². The van der Waals surface area contributed by atoms with Crippen molar-refractivity contribution in [1.82, 2.24) is 0 Å². The largest absolute Gasteiger partial charge is 0.508 e. The van der Waals surface area contributed by atoms with Crippen molar-refractivity contribution in [2.24, 2.45) is 0 Å². The topological polar surface area (TPSA) is 57.5 Å².